The van der Waals surface area contributed by atoms with Gasteiger partial charge in [0.2, 0.25) is 0 Å². The fraction of sp³-hybridized carbons (Fsp3) is 0.316. The van der Waals surface area contributed by atoms with Gasteiger partial charge in [-0.3, -0.25) is 4.99 Å². The lowest BCUT2D eigenvalue weighted by molar-refractivity contribution is 0.402. The molecule has 0 aliphatic rings. The molecule has 4 nitrogen and oxygen atoms in total. The lowest BCUT2D eigenvalue weighted by atomic mass is 10.1. The van der Waals surface area contributed by atoms with Crippen LogP contribution in [-0.2, 0) is 19.6 Å². The number of hydrogen-bond acceptors (Lipinski definition) is 2. The molecule has 0 aliphatic heterocycles. The minimum absolute atomic E-state index is 0.761. The van der Waals surface area contributed by atoms with Gasteiger partial charge in [0.1, 0.15) is 0 Å². The Bertz CT molecular complexity index is 603. The number of benzene rings is 2. The Morgan fingerprint density at radius 3 is 1.87 bits per heavy atom. The molecule has 0 spiro atoms. The molecule has 0 unspecified atom stereocenters. The lowest BCUT2D eigenvalue weighted by Crippen LogP contribution is -2.36. The molecule has 0 aliphatic carbocycles. The topological polar surface area (TPSA) is 39.7 Å². The third kappa shape index (κ3) is 6.12. The summed E-state index contributed by atoms with van der Waals surface area (Å²) in [5.74, 6) is 0.811. The van der Waals surface area contributed by atoms with E-state index >= 15 is 0 Å². The van der Waals surface area contributed by atoms with Gasteiger partial charge < -0.3 is 15.5 Å². The van der Waals surface area contributed by atoms with Gasteiger partial charge in [0.25, 0.3) is 0 Å². The molecule has 2 N–H and O–H groups in total. The molecule has 4 heteroatoms. The Balaban J connectivity index is 1.81. The van der Waals surface area contributed by atoms with E-state index in [0.29, 0.717) is 0 Å². The zero-order valence-corrected chi connectivity index (χ0v) is 14.2. The van der Waals surface area contributed by atoms with Crippen LogP contribution >= 0.6 is 0 Å². The summed E-state index contributed by atoms with van der Waals surface area (Å²) >= 11 is 0. The maximum atomic E-state index is 4.26. The third-order valence-corrected chi connectivity index (χ3v) is 3.51. The Labute approximate surface area is 139 Å². The Hall–Kier alpha value is -2.33. The van der Waals surface area contributed by atoms with Crippen molar-refractivity contribution in [1.29, 1.82) is 0 Å². The van der Waals surface area contributed by atoms with Crippen LogP contribution in [0, 0.1) is 0 Å². The maximum absolute atomic E-state index is 4.26. The van der Waals surface area contributed by atoms with E-state index in [2.05, 4.69) is 71.0 Å². The summed E-state index contributed by atoms with van der Waals surface area (Å²) < 4.78 is 0. The summed E-state index contributed by atoms with van der Waals surface area (Å²) in [4.78, 5) is 6.43. The van der Waals surface area contributed by atoms with Crippen molar-refractivity contribution in [3.05, 3.63) is 71.3 Å². The molecular weight excluding hydrogens is 284 g/mol. The van der Waals surface area contributed by atoms with Gasteiger partial charge in [-0.15, -0.1) is 0 Å². The SMILES string of the molecule is CN=C(NCc1ccccc1)NCc1ccc(CN(C)C)cc1. The third-order valence-electron chi connectivity index (χ3n) is 3.51. The normalized spacial score (nSPS) is 11.6. The summed E-state index contributed by atoms with van der Waals surface area (Å²) in [6.07, 6.45) is 0. The zero-order valence-electron chi connectivity index (χ0n) is 14.2. The van der Waals surface area contributed by atoms with E-state index in [4.69, 9.17) is 0 Å². The van der Waals surface area contributed by atoms with Gasteiger partial charge in [-0.25, -0.2) is 0 Å². The van der Waals surface area contributed by atoms with Crippen LogP contribution in [0.3, 0.4) is 0 Å². The van der Waals surface area contributed by atoms with Crippen LogP contribution < -0.4 is 10.6 Å². The van der Waals surface area contributed by atoms with Crippen LogP contribution in [0.15, 0.2) is 59.6 Å². The molecule has 0 bridgehead atoms. The second-order valence-electron chi connectivity index (χ2n) is 5.82. The van der Waals surface area contributed by atoms with Crippen molar-refractivity contribution >= 4 is 5.96 Å². The lowest BCUT2D eigenvalue weighted by Gasteiger charge is -2.13. The Morgan fingerprint density at radius 1 is 0.826 bits per heavy atom. The first kappa shape index (κ1) is 17.0. The van der Waals surface area contributed by atoms with Gasteiger partial charge in [0, 0.05) is 26.7 Å². The predicted molar refractivity (Wildman–Crippen MR) is 97.3 cm³/mol. The van der Waals surface area contributed by atoms with Crippen molar-refractivity contribution in [2.24, 2.45) is 4.99 Å². The smallest absolute Gasteiger partial charge is 0.191 e. The molecule has 122 valence electrons. The molecule has 0 saturated carbocycles. The average Bonchev–Trinajstić information content (AvgIpc) is 2.57. The predicted octanol–water partition coefficient (Wildman–Crippen LogP) is 2.61. The first-order valence-electron chi connectivity index (χ1n) is 7.88. The van der Waals surface area contributed by atoms with Crippen molar-refractivity contribution in [1.82, 2.24) is 15.5 Å². The number of nitrogens with one attached hydrogen (secondary N) is 2. The van der Waals surface area contributed by atoms with Crippen molar-refractivity contribution in [2.45, 2.75) is 19.6 Å². The van der Waals surface area contributed by atoms with Crippen molar-refractivity contribution in [2.75, 3.05) is 21.1 Å². The molecule has 23 heavy (non-hydrogen) atoms. The molecule has 0 heterocycles. The van der Waals surface area contributed by atoms with E-state index in [-0.39, 0.29) is 0 Å². The molecule has 0 aromatic heterocycles. The number of rotatable bonds is 6. The molecule has 0 fully saturated rings. The van der Waals surface area contributed by atoms with Crippen LogP contribution in [0.4, 0.5) is 0 Å². The summed E-state index contributed by atoms with van der Waals surface area (Å²) in [5, 5.41) is 6.67. The largest absolute Gasteiger partial charge is 0.352 e. The number of hydrogen-bond donors (Lipinski definition) is 2. The van der Waals surface area contributed by atoms with Gasteiger partial charge >= 0.3 is 0 Å². The van der Waals surface area contributed by atoms with Gasteiger partial charge in [0.15, 0.2) is 5.96 Å². The van der Waals surface area contributed by atoms with Gasteiger partial charge in [0.05, 0.1) is 0 Å². The average molecular weight is 310 g/mol. The number of aliphatic imine (C=N–C) groups is 1. The van der Waals surface area contributed by atoms with Gasteiger partial charge in [-0.05, 0) is 30.8 Å². The molecule has 0 saturated heterocycles. The standard InChI is InChI=1S/C19H26N4/c1-20-19(21-13-16-7-5-4-6-8-16)22-14-17-9-11-18(12-10-17)15-23(2)3/h4-12H,13-15H2,1-3H3,(H2,20,21,22). The van der Waals surface area contributed by atoms with E-state index in [1.165, 1.54) is 16.7 Å². The second kappa shape index (κ2) is 8.96. The summed E-state index contributed by atoms with van der Waals surface area (Å²) in [6.45, 7) is 2.49. The minimum Gasteiger partial charge on any atom is -0.352 e. The van der Waals surface area contributed by atoms with Crippen LogP contribution in [0.5, 0.6) is 0 Å². The van der Waals surface area contributed by atoms with Crippen LogP contribution in [0.1, 0.15) is 16.7 Å². The van der Waals surface area contributed by atoms with Gasteiger partial charge in [-0.1, -0.05) is 54.6 Å². The van der Waals surface area contributed by atoms with E-state index in [9.17, 15) is 0 Å². The van der Waals surface area contributed by atoms with Gasteiger partial charge in [-0.2, -0.15) is 0 Å². The fourth-order valence-electron chi connectivity index (χ4n) is 2.32. The molecule has 2 aromatic rings. The van der Waals surface area contributed by atoms with Crippen molar-refractivity contribution in [3.63, 3.8) is 0 Å². The van der Waals surface area contributed by atoms with E-state index < -0.39 is 0 Å². The molecule has 0 radical (unpaired) electrons. The second-order valence-corrected chi connectivity index (χ2v) is 5.82. The first-order valence-corrected chi connectivity index (χ1v) is 7.88. The monoisotopic (exact) mass is 310 g/mol. The zero-order chi connectivity index (χ0) is 16.5. The summed E-state index contributed by atoms with van der Waals surface area (Å²) in [7, 11) is 5.95. The van der Waals surface area contributed by atoms with E-state index in [1.807, 2.05) is 18.2 Å². The summed E-state index contributed by atoms with van der Waals surface area (Å²) in [6, 6.07) is 19.0. The Morgan fingerprint density at radius 2 is 1.35 bits per heavy atom. The molecular formula is C19H26N4. The van der Waals surface area contributed by atoms with Crippen molar-refractivity contribution < 1.29 is 0 Å². The molecule has 0 atom stereocenters. The molecule has 2 aromatic carbocycles. The molecule has 0 amide bonds. The van der Waals surface area contributed by atoms with Crippen LogP contribution in [-0.4, -0.2) is 32.0 Å². The quantitative estimate of drug-likeness (QED) is 0.636. The maximum Gasteiger partial charge on any atom is 0.191 e. The Kier molecular flexibility index (Phi) is 6.63. The van der Waals surface area contributed by atoms with Crippen LogP contribution in [0.2, 0.25) is 0 Å². The van der Waals surface area contributed by atoms with Crippen LogP contribution in [0.25, 0.3) is 0 Å². The summed E-state index contributed by atoms with van der Waals surface area (Å²) in [5.41, 5.74) is 3.81. The fourth-order valence-corrected chi connectivity index (χ4v) is 2.32. The first-order chi connectivity index (χ1) is 11.2. The highest BCUT2D eigenvalue weighted by Gasteiger charge is 2.00. The molecule has 2 rings (SSSR count). The highest BCUT2D eigenvalue weighted by Crippen LogP contribution is 2.06. The minimum atomic E-state index is 0.761. The highest BCUT2D eigenvalue weighted by atomic mass is 15.2. The van der Waals surface area contributed by atoms with Crippen molar-refractivity contribution in [3.8, 4) is 0 Å². The highest BCUT2D eigenvalue weighted by molar-refractivity contribution is 5.79. The van der Waals surface area contributed by atoms with E-state index in [0.717, 1.165) is 25.6 Å². The number of guanidine groups is 1. The number of nitrogens with zero attached hydrogens (tertiary/aromatic N) is 2. The van der Waals surface area contributed by atoms with E-state index in [1.54, 1.807) is 7.05 Å².